The number of sulfonamides is 1. The molecular weight excluding hydrogens is 428 g/mol. The molecule has 9 heteroatoms. The molecule has 2 aromatic carbocycles. The number of nitrogens with one attached hydrogen (secondary N) is 2. The molecule has 2 rings (SSSR count). The number of carbonyl (C=O) groups is 1. The van der Waals surface area contributed by atoms with Crippen molar-refractivity contribution in [3.8, 4) is 5.75 Å². The largest absolute Gasteiger partial charge is 0.492 e. The van der Waals surface area contributed by atoms with Gasteiger partial charge < -0.3 is 15.2 Å². The molecule has 0 aliphatic rings. The van der Waals surface area contributed by atoms with E-state index in [2.05, 4.69) is 10.0 Å². The number of anilines is 2. The lowest BCUT2D eigenvalue weighted by atomic mass is 9.96. The zero-order valence-electron chi connectivity index (χ0n) is 17.4. The van der Waals surface area contributed by atoms with Crippen LogP contribution in [-0.2, 0) is 14.8 Å². The molecular formula is C21H27ClN2O5S. The summed E-state index contributed by atoms with van der Waals surface area (Å²) in [6, 6.07) is 9.25. The van der Waals surface area contributed by atoms with Crippen molar-refractivity contribution in [2.45, 2.75) is 32.6 Å². The van der Waals surface area contributed by atoms with Crippen molar-refractivity contribution in [2.75, 3.05) is 23.3 Å². The van der Waals surface area contributed by atoms with Crippen molar-refractivity contribution in [1.29, 1.82) is 0 Å². The van der Waals surface area contributed by atoms with Gasteiger partial charge in [0, 0.05) is 16.8 Å². The Kier molecular flexibility index (Phi) is 8.11. The fourth-order valence-electron chi connectivity index (χ4n) is 2.83. The Balaban J connectivity index is 2.36. The monoisotopic (exact) mass is 454 g/mol. The van der Waals surface area contributed by atoms with Gasteiger partial charge in [-0.25, -0.2) is 8.42 Å². The number of ether oxygens (including phenoxy) is 1. The molecule has 0 spiro atoms. The molecule has 0 aromatic heterocycles. The maximum Gasteiger partial charge on any atom is 0.265 e. The molecule has 0 saturated heterocycles. The van der Waals surface area contributed by atoms with Gasteiger partial charge in [0.2, 0.25) is 5.91 Å². The first-order valence-corrected chi connectivity index (χ1v) is 11.4. The number of hydrogen-bond donors (Lipinski definition) is 3. The standard InChI is InChI=1S/C21H27ClN2O5S/c1-5-29-19-11-15(23-21(26)16(12-25)13(2)3)9-10-20(19)30(27,28)24-18-8-6-7-17(22)14(18)4/h6-11,13,16,24-25H,5,12H2,1-4H3,(H,23,26)/t16-/m0/s1. The van der Waals surface area contributed by atoms with Crippen LogP contribution in [-0.4, -0.2) is 32.6 Å². The zero-order chi connectivity index (χ0) is 22.5. The number of carbonyl (C=O) groups excluding carboxylic acids is 1. The van der Waals surface area contributed by atoms with Crippen LogP contribution in [0, 0.1) is 18.8 Å². The predicted molar refractivity (Wildman–Crippen MR) is 119 cm³/mol. The maximum atomic E-state index is 13.0. The van der Waals surface area contributed by atoms with E-state index in [1.165, 1.54) is 18.2 Å². The van der Waals surface area contributed by atoms with E-state index in [0.717, 1.165) is 0 Å². The van der Waals surface area contributed by atoms with Crippen molar-refractivity contribution in [3.63, 3.8) is 0 Å². The number of benzene rings is 2. The van der Waals surface area contributed by atoms with Gasteiger partial charge in [0.1, 0.15) is 10.6 Å². The summed E-state index contributed by atoms with van der Waals surface area (Å²) in [5.41, 5.74) is 1.35. The minimum Gasteiger partial charge on any atom is -0.492 e. The summed E-state index contributed by atoms with van der Waals surface area (Å²) in [7, 11) is -3.97. The molecule has 0 fully saturated rings. The van der Waals surface area contributed by atoms with Crippen LogP contribution in [0.5, 0.6) is 5.75 Å². The molecule has 0 aliphatic heterocycles. The molecule has 0 unspecified atom stereocenters. The van der Waals surface area contributed by atoms with E-state index < -0.39 is 15.9 Å². The number of aliphatic hydroxyl groups is 1. The first-order valence-electron chi connectivity index (χ1n) is 9.57. The number of rotatable bonds is 9. The number of aliphatic hydroxyl groups excluding tert-OH is 1. The van der Waals surface area contributed by atoms with Crippen LogP contribution >= 0.6 is 11.6 Å². The van der Waals surface area contributed by atoms with Crippen molar-refractivity contribution in [1.82, 2.24) is 0 Å². The van der Waals surface area contributed by atoms with Gasteiger partial charge in [-0.15, -0.1) is 0 Å². The minimum absolute atomic E-state index is 0.0499. The fraction of sp³-hybridized carbons (Fsp3) is 0.381. The normalized spacial score (nSPS) is 12.5. The zero-order valence-corrected chi connectivity index (χ0v) is 19.0. The van der Waals surface area contributed by atoms with Gasteiger partial charge in [0.25, 0.3) is 10.0 Å². The molecule has 3 N–H and O–H groups in total. The molecule has 0 heterocycles. The molecule has 2 aromatic rings. The highest BCUT2D eigenvalue weighted by Gasteiger charge is 2.24. The van der Waals surface area contributed by atoms with Crippen molar-refractivity contribution in [3.05, 3.63) is 47.0 Å². The summed E-state index contributed by atoms with van der Waals surface area (Å²) in [6.07, 6.45) is 0. The smallest absolute Gasteiger partial charge is 0.265 e. The van der Waals surface area contributed by atoms with Crippen molar-refractivity contribution in [2.24, 2.45) is 11.8 Å². The maximum absolute atomic E-state index is 13.0. The van der Waals surface area contributed by atoms with Gasteiger partial charge in [-0.2, -0.15) is 0 Å². The summed E-state index contributed by atoms with van der Waals surface area (Å²) >= 11 is 6.08. The van der Waals surface area contributed by atoms with Gasteiger partial charge in [0.05, 0.1) is 24.8 Å². The first kappa shape index (κ1) is 24.0. The first-order chi connectivity index (χ1) is 14.1. The van der Waals surface area contributed by atoms with Gasteiger partial charge in [-0.3, -0.25) is 9.52 Å². The van der Waals surface area contributed by atoms with Crippen LogP contribution in [0.4, 0.5) is 11.4 Å². The Morgan fingerprint density at radius 3 is 2.53 bits per heavy atom. The Labute approximate surface area is 182 Å². The van der Waals surface area contributed by atoms with Crippen LogP contribution in [0.2, 0.25) is 5.02 Å². The quantitative estimate of drug-likeness (QED) is 0.530. The average Bonchev–Trinajstić information content (AvgIpc) is 2.66. The minimum atomic E-state index is -3.97. The van der Waals surface area contributed by atoms with E-state index in [4.69, 9.17) is 16.3 Å². The third kappa shape index (κ3) is 5.65. The SMILES string of the molecule is CCOc1cc(NC(=O)[C@@H](CO)C(C)C)ccc1S(=O)(=O)Nc1cccc(Cl)c1C. The van der Waals surface area contributed by atoms with E-state index >= 15 is 0 Å². The summed E-state index contributed by atoms with van der Waals surface area (Å²) < 4.78 is 34.0. The Morgan fingerprint density at radius 2 is 1.93 bits per heavy atom. The van der Waals surface area contributed by atoms with Crippen molar-refractivity contribution < 1.29 is 23.1 Å². The van der Waals surface area contributed by atoms with Crippen LogP contribution in [0.3, 0.4) is 0 Å². The average molecular weight is 455 g/mol. The van der Waals surface area contributed by atoms with Crippen LogP contribution in [0.1, 0.15) is 26.3 Å². The lowest BCUT2D eigenvalue weighted by molar-refractivity contribution is -0.122. The van der Waals surface area contributed by atoms with Gasteiger partial charge >= 0.3 is 0 Å². The van der Waals surface area contributed by atoms with Crippen LogP contribution in [0.25, 0.3) is 0 Å². The third-order valence-corrected chi connectivity index (χ3v) is 6.47. The molecule has 1 atom stereocenters. The Bertz CT molecular complexity index is 1010. The molecule has 0 aliphatic carbocycles. The van der Waals surface area contributed by atoms with Crippen LogP contribution < -0.4 is 14.8 Å². The molecule has 0 radical (unpaired) electrons. The number of amides is 1. The number of halogens is 1. The van der Waals surface area contributed by atoms with Gasteiger partial charge in [-0.05, 0) is 49.6 Å². The molecule has 0 saturated carbocycles. The van der Waals surface area contributed by atoms with E-state index in [0.29, 0.717) is 22.0 Å². The lowest BCUT2D eigenvalue weighted by Crippen LogP contribution is -2.29. The van der Waals surface area contributed by atoms with Crippen LogP contribution in [0.15, 0.2) is 41.3 Å². The van der Waals surface area contributed by atoms with E-state index in [-0.39, 0.29) is 35.7 Å². The highest BCUT2D eigenvalue weighted by atomic mass is 35.5. The summed E-state index contributed by atoms with van der Waals surface area (Å²) in [4.78, 5) is 12.3. The molecule has 0 bridgehead atoms. The number of hydrogen-bond acceptors (Lipinski definition) is 5. The molecule has 7 nitrogen and oxygen atoms in total. The summed E-state index contributed by atoms with van der Waals surface area (Å²) in [5.74, 6) is -0.867. The highest BCUT2D eigenvalue weighted by Crippen LogP contribution is 2.31. The third-order valence-electron chi connectivity index (χ3n) is 4.65. The summed E-state index contributed by atoms with van der Waals surface area (Å²) in [6.45, 7) is 7.08. The molecule has 164 valence electrons. The van der Waals surface area contributed by atoms with E-state index in [1.54, 1.807) is 32.0 Å². The topological polar surface area (TPSA) is 105 Å². The van der Waals surface area contributed by atoms with E-state index in [9.17, 15) is 18.3 Å². The van der Waals surface area contributed by atoms with Gasteiger partial charge in [-0.1, -0.05) is 31.5 Å². The second-order valence-electron chi connectivity index (χ2n) is 7.13. The summed E-state index contributed by atoms with van der Waals surface area (Å²) in [5, 5.41) is 12.6. The Hall–Kier alpha value is -2.29. The highest BCUT2D eigenvalue weighted by molar-refractivity contribution is 7.92. The fourth-order valence-corrected chi connectivity index (χ4v) is 4.25. The van der Waals surface area contributed by atoms with Gasteiger partial charge in [0.15, 0.2) is 0 Å². The lowest BCUT2D eigenvalue weighted by Gasteiger charge is -2.19. The molecule has 30 heavy (non-hydrogen) atoms. The van der Waals surface area contributed by atoms with Crippen molar-refractivity contribution >= 4 is 38.9 Å². The second kappa shape index (κ2) is 10.1. The van der Waals surface area contributed by atoms with E-state index in [1.807, 2.05) is 13.8 Å². The predicted octanol–water partition coefficient (Wildman–Crippen LogP) is 4.05. The second-order valence-corrected chi connectivity index (χ2v) is 9.19. The Morgan fingerprint density at radius 1 is 1.23 bits per heavy atom. The molecule has 1 amide bonds.